The number of carbonyl (C=O) groups is 1. The van der Waals surface area contributed by atoms with Crippen molar-refractivity contribution in [3.05, 3.63) is 23.9 Å². The predicted octanol–water partition coefficient (Wildman–Crippen LogP) is 1.78. The fraction of sp³-hybridized carbons (Fsp3) is 0.250. The van der Waals surface area contributed by atoms with Crippen LogP contribution >= 0.6 is 0 Å². The Morgan fingerprint density at radius 2 is 2.14 bits per heavy atom. The van der Waals surface area contributed by atoms with Gasteiger partial charge in [-0.15, -0.1) is 0 Å². The maximum Gasteiger partial charge on any atom is 0.398 e. The van der Waals surface area contributed by atoms with Gasteiger partial charge in [0.05, 0.1) is 17.3 Å². The molecule has 2 aliphatic rings. The van der Waals surface area contributed by atoms with E-state index in [1.165, 1.54) is 6.08 Å². The molecule has 2 rings (SSSR count). The van der Waals surface area contributed by atoms with Gasteiger partial charge in [-0.1, -0.05) is 6.08 Å². The molecular formula is C8H5F3N2O. The fourth-order valence-electron chi connectivity index (χ4n) is 1.26. The third-order valence-corrected chi connectivity index (χ3v) is 1.93. The van der Waals surface area contributed by atoms with Gasteiger partial charge in [0, 0.05) is 0 Å². The van der Waals surface area contributed by atoms with Crippen molar-refractivity contribution in [3.63, 3.8) is 0 Å². The average molecular weight is 202 g/mol. The molecule has 1 unspecified atom stereocenters. The van der Waals surface area contributed by atoms with E-state index >= 15 is 0 Å². The summed E-state index contributed by atoms with van der Waals surface area (Å²) in [6.45, 7) is 0. The molecule has 2 amide bonds. The minimum absolute atomic E-state index is 0.139. The molecule has 1 aliphatic carbocycles. The van der Waals surface area contributed by atoms with Crippen LogP contribution in [0.25, 0.3) is 0 Å². The van der Waals surface area contributed by atoms with E-state index in [0.29, 0.717) is 0 Å². The van der Waals surface area contributed by atoms with Crippen molar-refractivity contribution >= 4 is 11.7 Å². The summed E-state index contributed by atoms with van der Waals surface area (Å²) in [6.07, 6.45) is -1.19. The summed E-state index contributed by atoms with van der Waals surface area (Å²) in [7, 11) is 0. The van der Waals surface area contributed by atoms with E-state index in [-0.39, 0.29) is 11.4 Å². The van der Waals surface area contributed by atoms with Crippen LogP contribution < -0.4 is 5.32 Å². The molecule has 0 bridgehead atoms. The van der Waals surface area contributed by atoms with Gasteiger partial charge in [0.25, 0.3) is 0 Å². The molecule has 74 valence electrons. The molecule has 3 nitrogen and oxygen atoms in total. The summed E-state index contributed by atoms with van der Waals surface area (Å²) in [5.74, 6) is -1.64. The van der Waals surface area contributed by atoms with Crippen LogP contribution in [0.2, 0.25) is 0 Å². The number of rotatable bonds is 0. The second-order valence-corrected chi connectivity index (χ2v) is 2.93. The van der Waals surface area contributed by atoms with Crippen LogP contribution in [0.5, 0.6) is 0 Å². The highest BCUT2D eigenvalue weighted by atomic mass is 19.4. The Kier molecular flexibility index (Phi) is 1.73. The first-order valence-corrected chi connectivity index (χ1v) is 3.83. The second kappa shape index (κ2) is 2.70. The number of hydrogen-bond donors (Lipinski definition) is 1. The highest BCUT2D eigenvalue weighted by molar-refractivity contribution is 6.18. The highest BCUT2D eigenvalue weighted by Gasteiger charge is 2.39. The van der Waals surface area contributed by atoms with Gasteiger partial charge < -0.3 is 5.32 Å². The van der Waals surface area contributed by atoms with Crippen LogP contribution in [0, 0.1) is 5.92 Å². The maximum absolute atomic E-state index is 12.2. The van der Waals surface area contributed by atoms with Crippen LogP contribution in [0.4, 0.5) is 18.0 Å². The molecule has 0 saturated heterocycles. The van der Waals surface area contributed by atoms with E-state index in [1.54, 1.807) is 0 Å². The lowest BCUT2D eigenvalue weighted by Crippen LogP contribution is -2.25. The third-order valence-electron chi connectivity index (χ3n) is 1.93. The molecule has 1 N–H and O–H groups in total. The number of amides is 2. The van der Waals surface area contributed by atoms with Gasteiger partial charge >= 0.3 is 12.2 Å². The monoisotopic (exact) mass is 202 g/mol. The summed E-state index contributed by atoms with van der Waals surface area (Å²) < 4.78 is 36.7. The van der Waals surface area contributed by atoms with Crippen molar-refractivity contribution in [2.45, 2.75) is 6.18 Å². The molecule has 0 spiro atoms. The van der Waals surface area contributed by atoms with Gasteiger partial charge in [0.1, 0.15) is 0 Å². The minimum atomic E-state index is -4.32. The first-order chi connectivity index (χ1) is 6.47. The van der Waals surface area contributed by atoms with Crippen LogP contribution in [0.3, 0.4) is 0 Å². The lowest BCUT2D eigenvalue weighted by molar-refractivity contribution is -0.149. The number of nitrogens with zero attached hydrogens (tertiary/aromatic N) is 1. The first-order valence-electron chi connectivity index (χ1n) is 3.83. The summed E-state index contributed by atoms with van der Waals surface area (Å²) in [6, 6.07) is -0.626. The third kappa shape index (κ3) is 1.43. The summed E-state index contributed by atoms with van der Waals surface area (Å²) >= 11 is 0. The summed E-state index contributed by atoms with van der Waals surface area (Å²) in [4.78, 5) is 14.2. The van der Waals surface area contributed by atoms with Gasteiger partial charge in [0.2, 0.25) is 0 Å². The van der Waals surface area contributed by atoms with Crippen LogP contribution in [0.15, 0.2) is 28.9 Å². The second-order valence-electron chi connectivity index (χ2n) is 2.93. The normalized spacial score (nSPS) is 25.4. The van der Waals surface area contributed by atoms with Gasteiger partial charge in [-0.3, -0.25) is 0 Å². The van der Waals surface area contributed by atoms with E-state index in [9.17, 15) is 18.0 Å². The molecule has 1 aliphatic heterocycles. The highest BCUT2D eigenvalue weighted by Crippen LogP contribution is 2.31. The largest absolute Gasteiger partial charge is 0.398 e. The number of urea groups is 1. The lowest BCUT2D eigenvalue weighted by atomic mass is 10.00. The number of aliphatic imine (C=N–C) groups is 1. The fourth-order valence-corrected chi connectivity index (χ4v) is 1.26. The quantitative estimate of drug-likeness (QED) is 0.639. The van der Waals surface area contributed by atoms with E-state index in [4.69, 9.17) is 0 Å². The zero-order valence-electron chi connectivity index (χ0n) is 6.80. The van der Waals surface area contributed by atoms with E-state index < -0.39 is 18.1 Å². The number of nitrogens with one attached hydrogen (secondary N) is 1. The molecule has 0 fully saturated rings. The Labute approximate surface area is 77.0 Å². The minimum Gasteiger partial charge on any atom is -0.304 e. The molecule has 0 aromatic heterocycles. The molecule has 0 aromatic rings. The van der Waals surface area contributed by atoms with Gasteiger partial charge in [-0.2, -0.15) is 18.2 Å². The SMILES string of the molecule is O=C1N=C2C=CC(C(F)(F)F)C=C2N1. The van der Waals surface area contributed by atoms with E-state index in [1.807, 2.05) is 0 Å². The molecule has 14 heavy (non-hydrogen) atoms. The van der Waals surface area contributed by atoms with Crippen molar-refractivity contribution in [1.29, 1.82) is 0 Å². The van der Waals surface area contributed by atoms with Gasteiger partial charge in [-0.25, -0.2) is 4.79 Å². The Balaban J connectivity index is 2.30. The van der Waals surface area contributed by atoms with Crippen LogP contribution in [-0.2, 0) is 0 Å². The van der Waals surface area contributed by atoms with E-state index in [0.717, 1.165) is 12.2 Å². The first kappa shape index (κ1) is 8.98. The number of carbonyl (C=O) groups excluding carboxylic acids is 1. The summed E-state index contributed by atoms with van der Waals surface area (Å²) in [5.41, 5.74) is 0.398. The average Bonchev–Trinajstić information content (AvgIpc) is 2.41. The molecule has 0 radical (unpaired) electrons. The number of hydrogen-bond acceptors (Lipinski definition) is 1. The Hall–Kier alpha value is -1.59. The van der Waals surface area contributed by atoms with Crippen molar-refractivity contribution in [2.75, 3.05) is 0 Å². The van der Waals surface area contributed by atoms with Crippen molar-refractivity contribution < 1.29 is 18.0 Å². The van der Waals surface area contributed by atoms with Gasteiger partial charge in [0.15, 0.2) is 0 Å². The molecule has 1 atom stereocenters. The molecule has 0 aromatic carbocycles. The number of allylic oxidation sites excluding steroid dienone is 3. The molecule has 6 heteroatoms. The standard InChI is InChI=1S/C8H5F3N2O/c9-8(10,11)4-1-2-5-6(3-4)13-7(14)12-5/h1-4H,(H,13,14). The Morgan fingerprint density at radius 3 is 2.79 bits per heavy atom. The van der Waals surface area contributed by atoms with Gasteiger partial charge in [-0.05, 0) is 12.2 Å². The van der Waals surface area contributed by atoms with E-state index in [2.05, 4.69) is 10.3 Å². The number of fused-ring (bicyclic) bond motifs is 1. The summed E-state index contributed by atoms with van der Waals surface area (Å²) in [5, 5.41) is 2.23. The lowest BCUT2D eigenvalue weighted by Gasteiger charge is -2.16. The number of halogens is 3. The molecule has 0 saturated carbocycles. The van der Waals surface area contributed by atoms with Crippen LogP contribution in [0.1, 0.15) is 0 Å². The zero-order valence-corrected chi connectivity index (χ0v) is 6.80. The Morgan fingerprint density at radius 1 is 1.43 bits per heavy atom. The van der Waals surface area contributed by atoms with Crippen molar-refractivity contribution in [1.82, 2.24) is 5.32 Å². The maximum atomic E-state index is 12.2. The van der Waals surface area contributed by atoms with Crippen LogP contribution in [-0.4, -0.2) is 17.9 Å². The Bertz CT molecular complexity index is 379. The number of alkyl halides is 3. The predicted molar refractivity (Wildman–Crippen MR) is 42.7 cm³/mol. The van der Waals surface area contributed by atoms with Crippen molar-refractivity contribution in [3.8, 4) is 0 Å². The molecular weight excluding hydrogens is 197 g/mol. The topological polar surface area (TPSA) is 41.5 Å². The zero-order chi connectivity index (χ0) is 10.3. The molecule has 1 heterocycles. The smallest absolute Gasteiger partial charge is 0.304 e. The van der Waals surface area contributed by atoms with Crippen molar-refractivity contribution in [2.24, 2.45) is 10.9 Å².